The highest BCUT2D eigenvalue weighted by atomic mass is 15.2. The molecule has 1 aliphatic heterocycles. The average Bonchev–Trinajstić information content (AvgIpc) is 2.95. The zero-order valence-electron chi connectivity index (χ0n) is 14.4. The highest BCUT2D eigenvalue weighted by Gasteiger charge is 2.24. The molecule has 2 rings (SSSR count). The minimum atomic E-state index is 0.424. The summed E-state index contributed by atoms with van der Waals surface area (Å²) in [5.74, 6) is 0.711. The summed E-state index contributed by atoms with van der Waals surface area (Å²) in [6, 6.07) is 7.92. The molecule has 1 saturated heterocycles. The van der Waals surface area contributed by atoms with Crippen LogP contribution < -0.4 is 5.32 Å². The van der Waals surface area contributed by atoms with Crippen molar-refractivity contribution >= 4 is 0 Å². The Labute approximate surface area is 130 Å². The van der Waals surface area contributed by atoms with Gasteiger partial charge in [-0.15, -0.1) is 0 Å². The van der Waals surface area contributed by atoms with Crippen molar-refractivity contribution in [1.29, 1.82) is 0 Å². The Balaban J connectivity index is 1.94. The van der Waals surface area contributed by atoms with Gasteiger partial charge in [-0.05, 0) is 69.3 Å². The Bertz CT molecular complexity index is 447. The third-order valence-corrected chi connectivity index (χ3v) is 5.04. The van der Waals surface area contributed by atoms with Crippen LogP contribution in [-0.2, 0) is 0 Å². The number of hydrogen-bond acceptors (Lipinski definition) is 2. The highest BCUT2D eigenvalue weighted by molar-refractivity contribution is 5.31. The summed E-state index contributed by atoms with van der Waals surface area (Å²) in [6.07, 6.45) is 2.74. The number of nitrogens with one attached hydrogen (secondary N) is 1. The van der Waals surface area contributed by atoms with E-state index in [1.165, 1.54) is 42.6 Å². The lowest BCUT2D eigenvalue weighted by Gasteiger charge is -2.32. The van der Waals surface area contributed by atoms with E-state index in [0.29, 0.717) is 18.0 Å². The quantitative estimate of drug-likeness (QED) is 0.848. The maximum absolute atomic E-state index is 3.76. The van der Waals surface area contributed by atoms with Crippen molar-refractivity contribution < 1.29 is 0 Å². The number of likely N-dealkylation sites (tertiary alicyclic amines) is 1. The van der Waals surface area contributed by atoms with Crippen molar-refractivity contribution in [3.8, 4) is 0 Å². The monoisotopic (exact) mass is 288 g/mol. The number of hydrogen-bond donors (Lipinski definition) is 1. The molecule has 21 heavy (non-hydrogen) atoms. The molecule has 1 fully saturated rings. The first kappa shape index (κ1) is 16.5. The van der Waals surface area contributed by atoms with Crippen LogP contribution in [0.15, 0.2) is 18.2 Å². The van der Waals surface area contributed by atoms with Crippen LogP contribution >= 0.6 is 0 Å². The molecular formula is C19H32N2. The third-order valence-electron chi connectivity index (χ3n) is 5.04. The van der Waals surface area contributed by atoms with E-state index < -0.39 is 0 Å². The van der Waals surface area contributed by atoms with Crippen LogP contribution in [0, 0.1) is 19.8 Å². The Hall–Kier alpha value is -0.860. The Morgan fingerprint density at radius 1 is 1.05 bits per heavy atom. The summed E-state index contributed by atoms with van der Waals surface area (Å²) in [4.78, 5) is 2.67. The fourth-order valence-electron chi connectivity index (χ4n) is 3.31. The summed E-state index contributed by atoms with van der Waals surface area (Å²) < 4.78 is 0. The van der Waals surface area contributed by atoms with Crippen molar-refractivity contribution in [2.24, 2.45) is 5.92 Å². The summed E-state index contributed by atoms with van der Waals surface area (Å²) in [5, 5.41) is 3.76. The van der Waals surface area contributed by atoms with Gasteiger partial charge in [-0.3, -0.25) is 4.90 Å². The summed E-state index contributed by atoms with van der Waals surface area (Å²) >= 11 is 0. The maximum atomic E-state index is 3.76. The standard InChI is InChI=1S/C19H32N2/c1-14(2)19(21-10-6-7-11-21)13-20-17(5)18-9-8-15(3)16(4)12-18/h8-9,12,14,17,19-20H,6-7,10-11,13H2,1-5H3. The summed E-state index contributed by atoms with van der Waals surface area (Å²) in [6.45, 7) is 15.0. The predicted octanol–water partition coefficient (Wildman–Crippen LogP) is 4.07. The molecule has 2 nitrogen and oxygen atoms in total. The van der Waals surface area contributed by atoms with E-state index in [-0.39, 0.29) is 0 Å². The van der Waals surface area contributed by atoms with Crippen molar-refractivity contribution in [2.45, 2.75) is 59.5 Å². The lowest BCUT2D eigenvalue weighted by Crippen LogP contribution is -2.44. The van der Waals surface area contributed by atoms with Crippen LogP contribution in [-0.4, -0.2) is 30.6 Å². The van der Waals surface area contributed by atoms with Crippen molar-refractivity contribution in [3.63, 3.8) is 0 Å². The fraction of sp³-hybridized carbons (Fsp3) is 0.684. The van der Waals surface area contributed by atoms with E-state index in [9.17, 15) is 0 Å². The molecule has 1 aromatic rings. The third kappa shape index (κ3) is 4.31. The van der Waals surface area contributed by atoms with Gasteiger partial charge >= 0.3 is 0 Å². The first-order valence-electron chi connectivity index (χ1n) is 8.53. The number of aryl methyl sites for hydroxylation is 2. The smallest absolute Gasteiger partial charge is 0.0292 e. The largest absolute Gasteiger partial charge is 0.309 e. The minimum Gasteiger partial charge on any atom is -0.309 e. The number of nitrogens with zero attached hydrogens (tertiary/aromatic N) is 1. The van der Waals surface area contributed by atoms with Gasteiger partial charge < -0.3 is 5.32 Å². The maximum Gasteiger partial charge on any atom is 0.0292 e. The molecule has 1 N–H and O–H groups in total. The fourth-order valence-corrected chi connectivity index (χ4v) is 3.31. The zero-order valence-corrected chi connectivity index (χ0v) is 14.4. The normalized spacial score (nSPS) is 19.1. The first-order chi connectivity index (χ1) is 9.99. The van der Waals surface area contributed by atoms with Gasteiger partial charge in [0, 0.05) is 18.6 Å². The molecule has 0 bridgehead atoms. The van der Waals surface area contributed by atoms with Gasteiger partial charge in [-0.2, -0.15) is 0 Å². The molecule has 0 radical (unpaired) electrons. The van der Waals surface area contributed by atoms with E-state index in [1.54, 1.807) is 0 Å². The van der Waals surface area contributed by atoms with Gasteiger partial charge in [0.25, 0.3) is 0 Å². The van der Waals surface area contributed by atoms with E-state index in [2.05, 4.69) is 63.0 Å². The summed E-state index contributed by atoms with van der Waals surface area (Å²) in [7, 11) is 0. The lowest BCUT2D eigenvalue weighted by molar-refractivity contribution is 0.183. The van der Waals surface area contributed by atoms with Crippen molar-refractivity contribution in [3.05, 3.63) is 34.9 Å². The lowest BCUT2D eigenvalue weighted by atomic mass is 10.00. The molecule has 2 unspecified atom stereocenters. The highest BCUT2D eigenvalue weighted by Crippen LogP contribution is 2.20. The molecule has 1 heterocycles. The molecule has 1 aliphatic rings. The second-order valence-corrected chi connectivity index (χ2v) is 7.03. The second-order valence-electron chi connectivity index (χ2n) is 7.03. The van der Waals surface area contributed by atoms with Gasteiger partial charge in [0.2, 0.25) is 0 Å². The topological polar surface area (TPSA) is 15.3 Å². The number of benzene rings is 1. The first-order valence-corrected chi connectivity index (χ1v) is 8.53. The zero-order chi connectivity index (χ0) is 15.4. The van der Waals surface area contributed by atoms with Gasteiger partial charge in [0.1, 0.15) is 0 Å². The van der Waals surface area contributed by atoms with Crippen molar-refractivity contribution in [2.75, 3.05) is 19.6 Å². The van der Waals surface area contributed by atoms with Gasteiger partial charge in [-0.25, -0.2) is 0 Å². The van der Waals surface area contributed by atoms with Crippen LogP contribution in [0.4, 0.5) is 0 Å². The Morgan fingerprint density at radius 3 is 2.29 bits per heavy atom. The molecule has 0 saturated carbocycles. The van der Waals surface area contributed by atoms with Crippen LogP contribution in [0.2, 0.25) is 0 Å². The summed E-state index contributed by atoms with van der Waals surface area (Å²) in [5.41, 5.74) is 4.17. The predicted molar refractivity (Wildman–Crippen MR) is 91.8 cm³/mol. The molecule has 2 atom stereocenters. The van der Waals surface area contributed by atoms with Gasteiger partial charge in [0.15, 0.2) is 0 Å². The van der Waals surface area contributed by atoms with Crippen LogP contribution in [0.3, 0.4) is 0 Å². The molecule has 0 aliphatic carbocycles. The van der Waals surface area contributed by atoms with Crippen molar-refractivity contribution in [1.82, 2.24) is 10.2 Å². The molecule has 0 spiro atoms. The van der Waals surface area contributed by atoms with E-state index in [4.69, 9.17) is 0 Å². The van der Waals surface area contributed by atoms with Crippen LogP contribution in [0.25, 0.3) is 0 Å². The molecule has 0 aromatic heterocycles. The molecule has 0 amide bonds. The molecule has 2 heteroatoms. The van der Waals surface area contributed by atoms with Gasteiger partial charge in [0.05, 0.1) is 0 Å². The second kappa shape index (κ2) is 7.42. The average molecular weight is 288 g/mol. The Morgan fingerprint density at radius 2 is 1.71 bits per heavy atom. The molecule has 1 aromatic carbocycles. The molecular weight excluding hydrogens is 256 g/mol. The van der Waals surface area contributed by atoms with E-state index in [1.807, 2.05) is 0 Å². The van der Waals surface area contributed by atoms with Crippen LogP contribution in [0.5, 0.6) is 0 Å². The minimum absolute atomic E-state index is 0.424. The van der Waals surface area contributed by atoms with Crippen LogP contribution in [0.1, 0.15) is 56.3 Å². The van der Waals surface area contributed by atoms with E-state index >= 15 is 0 Å². The van der Waals surface area contributed by atoms with Gasteiger partial charge in [-0.1, -0.05) is 32.0 Å². The van der Waals surface area contributed by atoms with E-state index in [0.717, 1.165) is 6.54 Å². The molecule has 118 valence electrons. The number of rotatable bonds is 6. The Kier molecular flexibility index (Phi) is 5.83. The SMILES string of the molecule is Cc1ccc(C(C)NCC(C(C)C)N2CCCC2)cc1C.